The highest BCUT2D eigenvalue weighted by atomic mass is 32.1. The number of aromatic nitrogens is 1. The van der Waals surface area contributed by atoms with Crippen LogP contribution < -0.4 is 14.3 Å². The second kappa shape index (κ2) is 7.93. The van der Waals surface area contributed by atoms with E-state index in [9.17, 15) is 4.79 Å². The fourth-order valence-electron chi connectivity index (χ4n) is 3.59. The molecule has 0 saturated heterocycles. The van der Waals surface area contributed by atoms with E-state index >= 15 is 0 Å². The second-order valence-corrected chi connectivity index (χ2v) is 7.96. The summed E-state index contributed by atoms with van der Waals surface area (Å²) in [5.74, 6) is 0.850. The third-order valence-electron chi connectivity index (χ3n) is 5.08. The lowest BCUT2D eigenvalue weighted by atomic mass is 10.1. The van der Waals surface area contributed by atoms with Crippen molar-refractivity contribution in [3.63, 3.8) is 0 Å². The highest BCUT2D eigenvalue weighted by Crippen LogP contribution is 2.31. The third kappa shape index (κ3) is 3.36. The summed E-state index contributed by atoms with van der Waals surface area (Å²) in [5.41, 5.74) is 1.04. The summed E-state index contributed by atoms with van der Waals surface area (Å²) < 4.78 is 19.9. The summed E-state index contributed by atoms with van der Waals surface area (Å²) in [6.45, 7) is 1.27. The van der Waals surface area contributed by atoms with Gasteiger partial charge in [-0.3, -0.25) is 4.79 Å². The number of hydrogen-bond acceptors (Lipinski definition) is 5. The zero-order chi connectivity index (χ0) is 20.5. The summed E-state index contributed by atoms with van der Waals surface area (Å²) in [5, 5.41) is 2.30. The van der Waals surface area contributed by atoms with Crippen LogP contribution in [-0.2, 0) is 16.1 Å². The highest BCUT2D eigenvalue weighted by Gasteiger charge is 2.27. The summed E-state index contributed by atoms with van der Waals surface area (Å²) in [6, 6.07) is 19.7. The number of hydrogen-bond donors (Lipinski definition) is 0. The largest absolute Gasteiger partial charge is 0.485 e. The van der Waals surface area contributed by atoms with E-state index in [2.05, 4.69) is 29.3 Å². The van der Waals surface area contributed by atoms with Crippen molar-refractivity contribution in [2.45, 2.75) is 12.6 Å². The first kappa shape index (κ1) is 18.8. The Bertz CT molecular complexity index is 1310. The third-order valence-corrected chi connectivity index (χ3v) is 6.21. The van der Waals surface area contributed by atoms with Crippen LogP contribution in [0.1, 0.15) is 0 Å². The van der Waals surface area contributed by atoms with Crippen molar-refractivity contribution in [2.75, 3.05) is 20.3 Å². The molecule has 0 spiro atoms. The van der Waals surface area contributed by atoms with Gasteiger partial charge in [-0.05, 0) is 23.6 Å². The summed E-state index contributed by atoms with van der Waals surface area (Å²) in [6.07, 6.45) is -0.766. The van der Waals surface area contributed by atoms with Crippen LogP contribution in [-0.4, -0.2) is 36.9 Å². The van der Waals surface area contributed by atoms with Gasteiger partial charge in [0.1, 0.15) is 6.61 Å². The summed E-state index contributed by atoms with van der Waals surface area (Å²) in [7, 11) is 1.66. The van der Waals surface area contributed by atoms with E-state index in [1.807, 2.05) is 34.9 Å². The Labute approximate surface area is 177 Å². The molecule has 30 heavy (non-hydrogen) atoms. The monoisotopic (exact) mass is 420 g/mol. The van der Waals surface area contributed by atoms with Crippen LogP contribution in [0.5, 0.6) is 11.5 Å². The number of thiazole rings is 1. The fourth-order valence-corrected chi connectivity index (χ4v) is 4.79. The van der Waals surface area contributed by atoms with Crippen molar-refractivity contribution < 1.29 is 19.0 Å². The lowest BCUT2D eigenvalue weighted by molar-refractivity contribution is -0.127. The number of benzene rings is 3. The topological polar surface area (TPSA) is 62.1 Å². The Morgan fingerprint density at radius 2 is 1.93 bits per heavy atom. The first-order chi connectivity index (χ1) is 14.7. The van der Waals surface area contributed by atoms with E-state index in [0.29, 0.717) is 29.5 Å². The highest BCUT2D eigenvalue weighted by molar-refractivity contribution is 7.17. The molecule has 6 nitrogen and oxygen atoms in total. The Morgan fingerprint density at radius 1 is 1.13 bits per heavy atom. The molecule has 1 aromatic heterocycles. The molecule has 0 aliphatic carbocycles. The van der Waals surface area contributed by atoms with Gasteiger partial charge in [-0.1, -0.05) is 53.8 Å². The number of nitrogens with zero attached hydrogens (tertiary/aromatic N) is 2. The van der Waals surface area contributed by atoms with Crippen LogP contribution in [0.15, 0.2) is 65.7 Å². The van der Waals surface area contributed by atoms with Crippen LogP contribution in [0, 0.1) is 0 Å². The molecule has 4 aromatic rings. The van der Waals surface area contributed by atoms with Crippen molar-refractivity contribution in [3.05, 3.63) is 65.5 Å². The van der Waals surface area contributed by atoms with Crippen LogP contribution in [0.25, 0.3) is 21.0 Å². The van der Waals surface area contributed by atoms with Crippen LogP contribution in [0.4, 0.5) is 0 Å². The van der Waals surface area contributed by atoms with E-state index in [0.717, 1.165) is 21.0 Å². The molecule has 2 heterocycles. The molecule has 1 aliphatic rings. The van der Waals surface area contributed by atoms with Crippen LogP contribution in [0.2, 0.25) is 0 Å². The molecule has 0 N–H and O–H groups in total. The molecule has 1 unspecified atom stereocenters. The van der Waals surface area contributed by atoms with E-state index in [-0.39, 0.29) is 12.5 Å². The Kier molecular flexibility index (Phi) is 4.98. The minimum absolute atomic E-state index is 0.144. The van der Waals surface area contributed by atoms with Gasteiger partial charge in [-0.15, -0.1) is 0 Å². The van der Waals surface area contributed by atoms with Gasteiger partial charge in [-0.25, -0.2) is 0 Å². The number of fused-ring (bicyclic) bond motifs is 4. The maximum atomic E-state index is 12.9. The molecule has 7 heteroatoms. The molecular formula is C23H20N2O4S. The molecule has 0 radical (unpaired) electrons. The van der Waals surface area contributed by atoms with Crippen molar-refractivity contribution >= 4 is 38.2 Å². The second-order valence-electron chi connectivity index (χ2n) is 6.98. The molecule has 1 amide bonds. The average molecular weight is 420 g/mol. The standard InChI is InChI=1S/C23H20N2O4S/c1-27-13-12-25-17-11-10-15-6-2-3-7-16(15)21(17)30-23(25)24-22(26)20-14-28-18-8-4-5-9-19(18)29-20/h2-11,20H,12-14H2,1H3. The van der Waals surface area contributed by atoms with Gasteiger partial charge >= 0.3 is 0 Å². The molecule has 0 saturated carbocycles. The van der Waals surface area contributed by atoms with E-state index in [1.54, 1.807) is 13.2 Å². The van der Waals surface area contributed by atoms with Crippen molar-refractivity contribution in [1.29, 1.82) is 0 Å². The minimum Gasteiger partial charge on any atom is -0.485 e. The van der Waals surface area contributed by atoms with Gasteiger partial charge in [0, 0.05) is 19.0 Å². The smallest absolute Gasteiger partial charge is 0.292 e. The first-order valence-corrected chi connectivity index (χ1v) is 10.5. The SMILES string of the molecule is COCCn1c(=NC(=O)C2COc3ccccc3O2)sc2c3ccccc3ccc21. The average Bonchev–Trinajstić information content (AvgIpc) is 3.14. The molecular weight excluding hydrogens is 400 g/mol. The van der Waals surface area contributed by atoms with Gasteiger partial charge in [0.25, 0.3) is 5.91 Å². The Hall–Kier alpha value is -3.16. The number of ether oxygens (including phenoxy) is 3. The zero-order valence-corrected chi connectivity index (χ0v) is 17.2. The lowest BCUT2D eigenvalue weighted by Gasteiger charge is -2.23. The summed E-state index contributed by atoms with van der Waals surface area (Å²) in [4.78, 5) is 18.0. The maximum absolute atomic E-state index is 12.9. The number of carbonyl (C=O) groups is 1. The normalized spacial score (nSPS) is 16.3. The van der Waals surface area contributed by atoms with Gasteiger partial charge in [0.15, 0.2) is 16.3 Å². The van der Waals surface area contributed by atoms with Crippen molar-refractivity contribution in [2.24, 2.45) is 4.99 Å². The minimum atomic E-state index is -0.766. The Morgan fingerprint density at radius 3 is 2.80 bits per heavy atom. The zero-order valence-electron chi connectivity index (χ0n) is 16.4. The molecule has 5 rings (SSSR count). The maximum Gasteiger partial charge on any atom is 0.292 e. The predicted molar refractivity (Wildman–Crippen MR) is 116 cm³/mol. The van der Waals surface area contributed by atoms with Crippen LogP contribution in [0.3, 0.4) is 0 Å². The predicted octanol–water partition coefficient (Wildman–Crippen LogP) is 3.77. The van der Waals surface area contributed by atoms with Crippen molar-refractivity contribution in [3.8, 4) is 11.5 Å². The molecule has 152 valence electrons. The molecule has 1 aliphatic heterocycles. The first-order valence-electron chi connectivity index (χ1n) is 9.71. The van der Waals surface area contributed by atoms with E-state index in [1.165, 1.54) is 11.3 Å². The molecule has 0 bridgehead atoms. The fraction of sp³-hybridized carbons (Fsp3) is 0.217. The van der Waals surface area contributed by atoms with Crippen molar-refractivity contribution in [1.82, 2.24) is 4.57 Å². The van der Waals surface area contributed by atoms with Crippen LogP contribution >= 0.6 is 11.3 Å². The van der Waals surface area contributed by atoms with Gasteiger partial charge in [0.2, 0.25) is 6.10 Å². The quantitative estimate of drug-likeness (QED) is 0.504. The number of amides is 1. The van der Waals surface area contributed by atoms with Gasteiger partial charge in [-0.2, -0.15) is 4.99 Å². The molecule has 0 fully saturated rings. The number of carbonyl (C=O) groups excluding carboxylic acids is 1. The van der Waals surface area contributed by atoms with E-state index < -0.39 is 6.10 Å². The lowest BCUT2D eigenvalue weighted by Crippen LogP contribution is -2.37. The van der Waals surface area contributed by atoms with E-state index in [4.69, 9.17) is 14.2 Å². The Balaban J connectivity index is 1.57. The number of rotatable bonds is 4. The molecule has 3 aromatic carbocycles. The summed E-state index contributed by atoms with van der Waals surface area (Å²) >= 11 is 1.51. The van der Waals surface area contributed by atoms with Gasteiger partial charge in [0.05, 0.1) is 16.8 Å². The van der Waals surface area contributed by atoms with Gasteiger partial charge < -0.3 is 18.8 Å². The number of para-hydroxylation sites is 2. The number of methoxy groups -OCH3 is 1. The molecule has 1 atom stereocenters.